The molecule has 2 aliphatic heterocycles. The Morgan fingerprint density at radius 3 is 1.00 bits per heavy atom. The van der Waals surface area contributed by atoms with Gasteiger partial charge in [-0.3, -0.25) is 0 Å². The molecule has 104 valence electrons. The van der Waals surface area contributed by atoms with Crippen molar-refractivity contribution in [1.82, 2.24) is 9.80 Å². The molecule has 2 fully saturated rings. The van der Waals surface area contributed by atoms with Gasteiger partial charge in [-0.25, -0.2) is 14.4 Å². The molecule has 2 heterocycles. The maximum Gasteiger partial charge on any atom is 0.320 e. The zero-order valence-electron chi connectivity index (χ0n) is 9.87. The molecule has 0 aliphatic carbocycles. The monoisotopic (exact) mass is 262 g/mol. The third-order valence-corrected chi connectivity index (χ3v) is 1.44. The Labute approximate surface area is 104 Å². The number of carbonyl (C=O) groups is 4. The number of amides is 6. The number of hydrogen-bond donors (Lipinski definition) is 4. The quantitative estimate of drug-likeness (QED) is 0.355. The van der Waals surface area contributed by atoms with Gasteiger partial charge < -0.3 is 37.5 Å². The van der Waals surface area contributed by atoms with Gasteiger partial charge in [-0.1, -0.05) is 0 Å². The smallest absolute Gasteiger partial charge is 0.320 e. The van der Waals surface area contributed by atoms with Crippen LogP contribution < -0.4 is 22.9 Å². The van der Waals surface area contributed by atoms with Gasteiger partial charge in [0.1, 0.15) is 6.79 Å². The Kier molecular flexibility index (Phi) is 9.61. The summed E-state index contributed by atoms with van der Waals surface area (Å²) < 4.78 is 0. The Balaban J connectivity index is 0. The van der Waals surface area contributed by atoms with Crippen molar-refractivity contribution in [2.45, 2.75) is 0 Å². The average Bonchev–Trinajstić information content (AvgIpc) is 3.11. The number of nitrogens with two attached hydrogens (primary N) is 4. The molecule has 10 heteroatoms. The molecule has 0 radical (unpaired) electrons. The van der Waals surface area contributed by atoms with Crippen LogP contribution in [0.5, 0.6) is 0 Å². The molecule has 0 aromatic heterocycles. The van der Waals surface area contributed by atoms with Crippen LogP contribution in [0.1, 0.15) is 0 Å². The number of primary amides is 4. The zero-order chi connectivity index (χ0) is 14.7. The highest BCUT2D eigenvalue weighted by Crippen LogP contribution is 2.13. The van der Waals surface area contributed by atoms with Crippen molar-refractivity contribution in [2.75, 3.05) is 26.2 Å². The van der Waals surface area contributed by atoms with E-state index in [1.54, 1.807) is 0 Å². The fourth-order valence-electron chi connectivity index (χ4n) is 0.683. The molecular weight excluding hydrogens is 244 g/mol. The summed E-state index contributed by atoms with van der Waals surface area (Å²) in [5.41, 5.74) is 17.0. The van der Waals surface area contributed by atoms with Crippen molar-refractivity contribution >= 4 is 24.9 Å². The van der Waals surface area contributed by atoms with Crippen LogP contribution in [0.15, 0.2) is 0 Å². The maximum absolute atomic E-state index is 10.8. The van der Waals surface area contributed by atoms with Gasteiger partial charge in [-0.05, 0) is 0 Å². The Hall–Kier alpha value is -2.52. The Morgan fingerprint density at radius 1 is 0.722 bits per heavy atom. The molecule has 2 saturated heterocycles. The first kappa shape index (κ1) is 17.9. The second-order valence-electron chi connectivity index (χ2n) is 3.06. The van der Waals surface area contributed by atoms with Gasteiger partial charge in [0.2, 0.25) is 0 Å². The first-order valence-electron chi connectivity index (χ1n) is 4.77. The molecular formula is C8H18N6O4. The van der Waals surface area contributed by atoms with Crippen LogP contribution in [0.4, 0.5) is 14.4 Å². The SMILES string of the molecule is C=O.NC(N)=O.NC(N)=O.O=C(N1CC1)N1CC1. The minimum Gasteiger partial charge on any atom is -0.352 e. The highest BCUT2D eigenvalue weighted by Gasteiger charge is 2.33. The summed E-state index contributed by atoms with van der Waals surface area (Å²) in [6, 6.07) is -1.43. The standard InChI is InChI=1S/C5H8N2O.2CH4N2O.CH2O/c8-5(6-1-2-6)7-3-4-7;2*2-1(3)4;1-2/h1-4H2;2*(H4,2,3,4);1H2. The zero-order valence-corrected chi connectivity index (χ0v) is 9.87. The molecule has 10 nitrogen and oxygen atoms in total. The van der Waals surface area contributed by atoms with E-state index in [1.165, 1.54) is 0 Å². The summed E-state index contributed by atoms with van der Waals surface area (Å²) in [5.74, 6) is 0. The van der Waals surface area contributed by atoms with E-state index < -0.39 is 12.1 Å². The second-order valence-corrected chi connectivity index (χ2v) is 3.06. The van der Waals surface area contributed by atoms with Gasteiger partial charge in [-0.2, -0.15) is 0 Å². The number of nitrogens with zero attached hydrogens (tertiary/aromatic N) is 2. The van der Waals surface area contributed by atoms with E-state index in [0.717, 1.165) is 26.2 Å². The molecule has 0 unspecified atom stereocenters. The molecule has 0 aromatic carbocycles. The summed E-state index contributed by atoms with van der Waals surface area (Å²) in [4.78, 5) is 40.5. The highest BCUT2D eigenvalue weighted by molar-refractivity contribution is 5.78. The average molecular weight is 262 g/mol. The topological polar surface area (TPSA) is 178 Å². The van der Waals surface area contributed by atoms with Crippen molar-refractivity contribution in [3.63, 3.8) is 0 Å². The van der Waals surface area contributed by atoms with Gasteiger partial charge in [0.05, 0.1) is 0 Å². The highest BCUT2D eigenvalue weighted by atomic mass is 16.2. The summed E-state index contributed by atoms with van der Waals surface area (Å²) in [7, 11) is 0. The number of urea groups is 3. The van der Waals surface area contributed by atoms with Crippen molar-refractivity contribution < 1.29 is 19.2 Å². The lowest BCUT2D eigenvalue weighted by Gasteiger charge is -1.98. The van der Waals surface area contributed by atoms with Crippen molar-refractivity contribution in [3.05, 3.63) is 0 Å². The van der Waals surface area contributed by atoms with Crippen LogP contribution in [0.3, 0.4) is 0 Å². The summed E-state index contributed by atoms with van der Waals surface area (Å²) in [6.45, 7) is 5.93. The minimum atomic E-state index is -0.833. The second kappa shape index (κ2) is 9.69. The lowest BCUT2D eigenvalue weighted by atomic mass is 11.0. The molecule has 0 bridgehead atoms. The molecule has 0 saturated carbocycles. The van der Waals surface area contributed by atoms with E-state index >= 15 is 0 Å². The fraction of sp³-hybridized carbons (Fsp3) is 0.500. The van der Waals surface area contributed by atoms with Gasteiger partial charge in [0, 0.05) is 26.2 Å². The fourth-order valence-corrected chi connectivity index (χ4v) is 0.683. The van der Waals surface area contributed by atoms with Crippen molar-refractivity contribution in [1.29, 1.82) is 0 Å². The van der Waals surface area contributed by atoms with Crippen molar-refractivity contribution in [2.24, 2.45) is 22.9 Å². The maximum atomic E-state index is 10.8. The molecule has 2 aliphatic rings. The largest absolute Gasteiger partial charge is 0.352 e. The van der Waals surface area contributed by atoms with E-state index in [9.17, 15) is 4.79 Å². The normalized spacial score (nSPS) is 13.3. The third kappa shape index (κ3) is 15.9. The molecule has 6 amide bonds. The Morgan fingerprint density at radius 2 is 0.889 bits per heavy atom. The molecule has 2 rings (SSSR count). The van der Waals surface area contributed by atoms with Crippen molar-refractivity contribution in [3.8, 4) is 0 Å². The Bertz CT molecular complexity index is 255. The molecule has 0 spiro atoms. The van der Waals surface area contributed by atoms with Gasteiger partial charge >= 0.3 is 18.1 Å². The van der Waals surface area contributed by atoms with Gasteiger partial charge in [0.25, 0.3) is 0 Å². The first-order chi connectivity index (χ1) is 8.34. The van der Waals surface area contributed by atoms with Crippen LogP contribution in [-0.4, -0.2) is 60.9 Å². The lowest BCUT2D eigenvalue weighted by Crippen LogP contribution is -2.18. The first-order valence-corrected chi connectivity index (χ1v) is 4.77. The predicted octanol–water partition coefficient (Wildman–Crippen LogP) is -2.40. The van der Waals surface area contributed by atoms with Crippen LogP contribution in [0.25, 0.3) is 0 Å². The van der Waals surface area contributed by atoms with Crippen LogP contribution in [0, 0.1) is 0 Å². The number of rotatable bonds is 0. The number of carbonyl (C=O) groups excluding carboxylic acids is 4. The lowest BCUT2D eigenvalue weighted by molar-refractivity contribution is -0.0980. The summed E-state index contributed by atoms with van der Waals surface area (Å²) >= 11 is 0. The molecule has 0 atom stereocenters. The van der Waals surface area contributed by atoms with Crippen LogP contribution in [-0.2, 0) is 4.79 Å². The number of hydrogen-bond acceptors (Lipinski definition) is 4. The van der Waals surface area contributed by atoms with E-state index in [-0.39, 0.29) is 6.03 Å². The minimum absolute atomic E-state index is 0.241. The summed E-state index contributed by atoms with van der Waals surface area (Å²) in [6.07, 6.45) is 0. The van der Waals surface area contributed by atoms with Gasteiger partial charge in [0.15, 0.2) is 0 Å². The molecule has 18 heavy (non-hydrogen) atoms. The molecule has 8 N–H and O–H groups in total. The van der Waals surface area contributed by atoms with E-state index in [2.05, 4.69) is 22.9 Å². The van der Waals surface area contributed by atoms with E-state index in [0.29, 0.717) is 0 Å². The predicted molar refractivity (Wildman–Crippen MR) is 63.2 cm³/mol. The summed E-state index contributed by atoms with van der Waals surface area (Å²) in [5, 5.41) is 0. The van der Waals surface area contributed by atoms with E-state index in [4.69, 9.17) is 14.4 Å². The third-order valence-electron chi connectivity index (χ3n) is 1.44. The van der Waals surface area contributed by atoms with Crippen LogP contribution >= 0.6 is 0 Å². The van der Waals surface area contributed by atoms with Gasteiger partial charge in [-0.15, -0.1) is 0 Å². The van der Waals surface area contributed by atoms with E-state index in [1.807, 2.05) is 16.6 Å². The molecule has 0 aromatic rings. The van der Waals surface area contributed by atoms with Crippen LogP contribution in [0.2, 0.25) is 0 Å².